The van der Waals surface area contributed by atoms with Crippen LogP contribution in [0.3, 0.4) is 0 Å². The van der Waals surface area contributed by atoms with Crippen LogP contribution in [0.5, 0.6) is 0 Å². The van der Waals surface area contributed by atoms with Crippen molar-refractivity contribution in [1.82, 2.24) is 0 Å². The Balaban J connectivity index is 1.89. The number of carbonyl (C=O) groups is 2. The van der Waals surface area contributed by atoms with Gasteiger partial charge in [-0.15, -0.1) is 0 Å². The molecule has 0 radical (unpaired) electrons. The molecule has 0 saturated carbocycles. The maximum atomic E-state index is 13.8. The summed E-state index contributed by atoms with van der Waals surface area (Å²) in [5.41, 5.74) is 1.57. The van der Waals surface area contributed by atoms with Gasteiger partial charge in [0.05, 0.1) is 11.4 Å². The van der Waals surface area contributed by atoms with E-state index >= 15 is 0 Å². The molecule has 1 unspecified atom stereocenters. The van der Waals surface area contributed by atoms with Crippen molar-refractivity contribution >= 4 is 35.0 Å². The van der Waals surface area contributed by atoms with Crippen molar-refractivity contribution in [1.29, 1.82) is 0 Å². The van der Waals surface area contributed by atoms with Crippen LogP contribution in [0.15, 0.2) is 47.4 Å². The van der Waals surface area contributed by atoms with Crippen LogP contribution in [0.1, 0.15) is 12.5 Å². The van der Waals surface area contributed by atoms with Gasteiger partial charge in [0.25, 0.3) is 0 Å². The summed E-state index contributed by atoms with van der Waals surface area (Å²) < 4.78 is 12.5. The maximum Gasteiger partial charge on any atom is 0.250 e. The zero-order chi connectivity index (χ0) is 16.6. The molecule has 0 aromatic heterocycles. The number of rotatable bonds is 2. The number of thioether (sulfide) groups is 1. The molecule has 118 valence electrons. The van der Waals surface area contributed by atoms with Gasteiger partial charge in [0.1, 0.15) is 5.82 Å². The topological polar surface area (TPSA) is 58.2 Å². The molecule has 3 rings (SSSR count). The highest BCUT2D eigenvalue weighted by molar-refractivity contribution is 8.02. The smallest absolute Gasteiger partial charge is 0.250 e. The highest BCUT2D eigenvalue weighted by atomic mass is 32.2. The van der Waals surface area contributed by atoms with Gasteiger partial charge in [0.2, 0.25) is 11.8 Å². The van der Waals surface area contributed by atoms with Gasteiger partial charge in [0, 0.05) is 4.90 Å². The molecule has 1 heterocycles. The van der Waals surface area contributed by atoms with Crippen LogP contribution < -0.4 is 10.6 Å². The predicted molar refractivity (Wildman–Crippen MR) is 89.1 cm³/mol. The van der Waals surface area contributed by atoms with E-state index in [9.17, 15) is 14.0 Å². The van der Waals surface area contributed by atoms with Crippen molar-refractivity contribution in [2.75, 3.05) is 10.6 Å². The molecule has 23 heavy (non-hydrogen) atoms. The monoisotopic (exact) mass is 330 g/mol. The maximum absolute atomic E-state index is 13.8. The Kier molecular flexibility index (Phi) is 3.85. The van der Waals surface area contributed by atoms with Gasteiger partial charge < -0.3 is 10.6 Å². The van der Waals surface area contributed by atoms with Crippen molar-refractivity contribution in [3.8, 4) is 0 Å². The van der Waals surface area contributed by atoms with E-state index in [2.05, 4.69) is 10.6 Å². The van der Waals surface area contributed by atoms with Gasteiger partial charge in [-0.05, 0) is 43.7 Å². The molecule has 2 aromatic rings. The second kappa shape index (κ2) is 5.70. The molecule has 0 fully saturated rings. The predicted octanol–water partition coefficient (Wildman–Crippen LogP) is 3.58. The van der Waals surface area contributed by atoms with Crippen molar-refractivity contribution in [3.63, 3.8) is 0 Å². The van der Waals surface area contributed by atoms with Crippen LogP contribution in [-0.2, 0) is 9.59 Å². The first-order chi connectivity index (χ1) is 10.9. The molecular weight excluding hydrogens is 315 g/mol. The summed E-state index contributed by atoms with van der Waals surface area (Å²) in [7, 11) is 0. The lowest BCUT2D eigenvalue weighted by molar-refractivity contribution is -0.126. The number of anilines is 2. The minimum absolute atomic E-state index is 0.0727. The van der Waals surface area contributed by atoms with Gasteiger partial charge >= 0.3 is 0 Å². The second-order valence-corrected chi connectivity index (χ2v) is 6.98. The Morgan fingerprint density at radius 3 is 2.78 bits per heavy atom. The molecule has 0 saturated heterocycles. The number of benzene rings is 2. The SMILES string of the molecule is Cc1ccc(F)c(NC(=O)C2(C)Sc3ccccc3NC2=O)c1. The van der Waals surface area contributed by atoms with Crippen molar-refractivity contribution in [2.24, 2.45) is 0 Å². The number of para-hydroxylation sites is 1. The van der Waals surface area contributed by atoms with E-state index in [1.165, 1.54) is 19.1 Å². The number of nitrogens with one attached hydrogen (secondary N) is 2. The minimum Gasteiger partial charge on any atom is -0.323 e. The van der Waals surface area contributed by atoms with E-state index in [4.69, 9.17) is 0 Å². The zero-order valence-corrected chi connectivity index (χ0v) is 13.5. The van der Waals surface area contributed by atoms with Gasteiger partial charge in [-0.1, -0.05) is 30.0 Å². The zero-order valence-electron chi connectivity index (χ0n) is 12.6. The number of carbonyl (C=O) groups excluding carboxylic acids is 2. The summed E-state index contributed by atoms with van der Waals surface area (Å²) in [6.07, 6.45) is 0. The summed E-state index contributed by atoms with van der Waals surface area (Å²) in [6.45, 7) is 3.33. The standard InChI is InChI=1S/C17H15FN2O2S/c1-10-7-8-11(18)13(9-10)20-16(22)17(2)15(21)19-12-5-3-4-6-14(12)23-17/h3-9H,1-2H3,(H,19,21)(H,20,22). The Hall–Kier alpha value is -2.34. The molecule has 2 amide bonds. The fourth-order valence-corrected chi connectivity index (χ4v) is 3.40. The van der Waals surface area contributed by atoms with E-state index in [0.717, 1.165) is 22.2 Å². The van der Waals surface area contributed by atoms with Crippen LogP contribution in [0.25, 0.3) is 0 Å². The van der Waals surface area contributed by atoms with Gasteiger partial charge in [-0.2, -0.15) is 0 Å². The molecule has 6 heteroatoms. The lowest BCUT2D eigenvalue weighted by Gasteiger charge is -2.31. The number of halogens is 1. The van der Waals surface area contributed by atoms with E-state index in [0.29, 0.717) is 5.69 Å². The third-order valence-corrected chi connectivity index (χ3v) is 5.04. The first-order valence-electron chi connectivity index (χ1n) is 7.07. The number of fused-ring (bicyclic) bond motifs is 1. The summed E-state index contributed by atoms with van der Waals surface area (Å²) in [4.78, 5) is 25.8. The Morgan fingerprint density at radius 1 is 1.26 bits per heavy atom. The van der Waals surface area contributed by atoms with Crippen LogP contribution in [0.4, 0.5) is 15.8 Å². The van der Waals surface area contributed by atoms with Crippen LogP contribution in [0, 0.1) is 12.7 Å². The first-order valence-corrected chi connectivity index (χ1v) is 7.89. The molecule has 1 aliphatic rings. The molecule has 2 aromatic carbocycles. The minimum atomic E-state index is -1.37. The Morgan fingerprint density at radius 2 is 2.00 bits per heavy atom. The van der Waals surface area contributed by atoms with Crippen molar-refractivity contribution < 1.29 is 14.0 Å². The lowest BCUT2D eigenvalue weighted by atomic mass is 10.1. The highest BCUT2D eigenvalue weighted by Crippen LogP contribution is 2.42. The average Bonchev–Trinajstić information content (AvgIpc) is 2.52. The lowest BCUT2D eigenvalue weighted by Crippen LogP contribution is -2.49. The van der Waals surface area contributed by atoms with Crippen LogP contribution in [0.2, 0.25) is 0 Å². The largest absolute Gasteiger partial charge is 0.323 e. The van der Waals surface area contributed by atoms with E-state index < -0.39 is 22.4 Å². The van der Waals surface area contributed by atoms with E-state index in [1.807, 2.05) is 18.2 Å². The third-order valence-electron chi connectivity index (χ3n) is 3.69. The van der Waals surface area contributed by atoms with E-state index in [-0.39, 0.29) is 5.69 Å². The highest BCUT2D eigenvalue weighted by Gasteiger charge is 2.46. The van der Waals surface area contributed by atoms with Gasteiger partial charge in [-0.25, -0.2) is 4.39 Å². The van der Waals surface area contributed by atoms with Gasteiger partial charge in [0.15, 0.2) is 4.75 Å². The van der Waals surface area contributed by atoms with Gasteiger partial charge in [-0.3, -0.25) is 9.59 Å². The van der Waals surface area contributed by atoms with Crippen molar-refractivity contribution in [2.45, 2.75) is 23.5 Å². The molecule has 0 bridgehead atoms. The molecular formula is C17H15FN2O2S. The molecule has 1 atom stereocenters. The molecule has 0 aliphatic carbocycles. The summed E-state index contributed by atoms with van der Waals surface area (Å²) >= 11 is 1.16. The fourth-order valence-electron chi connectivity index (χ4n) is 2.29. The second-order valence-electron chi connectivity index (χ2n) is 5.52. The third kappa shape index (κ3) is 2.82. The number of amides is 2. The summed E-state index contributed by atoms with van der Waals surface area (Å²) in [6, 6.07) is 11.7. The quantitative estimate of drug-likeness (QED) is 0.828. The van der Waals surface area contributed by atoms with Crippen molar-refractivity contribution in [3.05, 3.63) is 53.8 Å². The fraction of sp³-hybridized carbons (Fsp3) is 0.176. The average molecular weight is 330 g/mol. The first kappa shape index (κ1) is 15.6. The molecule has 0 spiro atoms. The van der Waals surface area contributed by atoms with Crippen LogP contribution >= 0.6 is 11.8 Å². The summed E-state index contributed by atoms with van der Waals surface area (Å²) in [5, 5.41) is 5.26. The Bertz CT molecular complexity index is 809. The molecule has 1 aliphatic heterocycles. The summed E-state index contributed by atoms with van der Waals surface area (Å²) in [5.74, 6) is -1.51. The number of hydrogen-bond donors (Lipinski definition) is 2. The molecule has 4 nitrogen and oxygen atoms in total. The van der Waals surface area contributed by atoms with Crippen LogP contribution in [-0.4, -0.2) is 16.6 Å². The Labute approximate surface area is 137 Å². The molecule has 2 N–H and O–H groups in total. The number of aryl methyl sites for hydroxylation is 1. The number of hydrogen-bond acceptors (Lipinski definition) is 3. The van der Waals surface area contributed by atoms with E-state index in [1.54, 1.807) is 19.1 Å². The normalized spacial score (nSPS) is 19.7.